The molecule has 4 N–H and O–H groups in total. The SMILES string of the molecule is NC(=O)c1ncn(Cc2cc3c(cc2F)[C@@](C#CC2CC2)(C(F)(F)F)NC(=O)N3)n1. The highest BCUT2D eigenvalue weighted by Gasteiger charge is 2.59. The zero-order chi connectivity index (χ0) is 21.7. The molecule has 3 amide bonds. The van der Waals surface area contributed by atoms with E-state index in [4.69, 9.17) is 5.73 Å². The molecule has 1 atom stereocenters. The molecule has 1 fully saturated rings. The molecule has 1 aliphatic carbocycles. The summed E-state index contributed by atoms with van der Waals surface area (Å²) in [6.07, 6.45) is -2.51. The average Bonchev–Trinajstić information content (AvgIpc) is 3.36. The number of amides is 3. The summed E-state index contributed by atoms with van der Waals surface area (Å²) in [6, 6.07) is 0.658. The fourth-order valence-electron chi connectivity index (χ4n) is 3.03. The van der Waals surface area contributed by atoms with Crippen molar-refractivity contribution in [2.24, 2.45) is 11.7 Å². The lowest BCUT2D eigenvalue weighted by Crippen LogP contribution is -2.59. The first kappa shape index (κ1) is 19.7. The van der Waals surface area contributed by atoms with Crippen LogP contribution in [0.5, 0.6) is 0 Å². The number of nitrogens with one attached hydrogen (secondary N) is 2. The summed E-state index contributed by atoms with van der Waals surface area (Å²) in [6.45, 7) is -0.255. The zero-order valence-corrected chi connectivity index (χ0v) is 15.2. The van der Waals surface area contributed by atoms with Gasteiger partial charge in [-0.3, -0.25) is 4.79 Å². The Hall–Kier alpha value is -3.62. The van der Waals surface area contributed by atoms with Crippen LogP contribution < -0.4 is 16.4 Å². The van der Waals surface area contributed by atoms with Crippen LogP contribution in [0.4, 0.5) is 28.0 Å². The number of carbonyl (C=O) groups is 2. The summed E-state index contributed by atoms with van der Waals surface area (Å²) in [5.41, 5.74) is 1.18. The van der Waals surface area contributed by atoms with Gasteiger partial charge in [0, 0.05) is 22.7 Å². The summed E-state index contributed by atoms with van der Waals surface area (Å²) in [5.74, 6) is 2.34. The fourth-order valence-corrected chi connectivity index (χ4v) is 3.03. The Morgan fingerprint density at radius 3 is 2.70 bits per heavy atom. The van der Waals surface area contributed by atoms with Gasteiger partial charge in [0.1, 0.15) is 12.1 Å². The number of halogens is 4. The number of aromatic nitrogens is 3. The van der Waals surface area contributed by atoms with Gasteiger partial charge in [-0.1, -0.05) is 11.8 Å². The largest absolute Gasteiger partial charge is 0.427 e. The second-order valence-corrected chi connectivity index (χ2v) is 6.99. The molecule has 0 saturated heterocycles. The number of benzene rings is 1. The molecule has 1 aromatic carbocycles. The highest BCUT2D eigenvalue weighted by atomic mass is 19.4. The predicted octanol–water partition coefficient (Wildman–Crippen LogP) is 1.87. The number of primary amides is 1. The van der Waals surface area contributed by atoms with Crippen molar-refractivity contribution in [1.29, 1.82) is 0 Å². The van der Waals surface area contributed by atoms with Crippen LogP contribution in [0, 0.1) is 23.6 Å². The third kappa shape index (κ3) is 3.42. The molecule has 30 heavy (non-hydrogen) atoms. The second kappa shape index (κ2) is 6.72. The smallest absolute Gasteiger partial charge is 0.363 e. The fraction of sp³-hybridized carbons (Fsp3) is 0.333. The molecule has 2 aromatic rings. The van der Waals surface area contributed by atoms with Gasteiger partial charge in [0.05, 0.1) is 6.54 Å². The first-order chi connectivity index (χ1) is 14.1. The minimum absolute atomic E-state index is 0.0805. The molecule has 0 bridgehead atoms. The minimum Gasteiger partial charge on any atom is -0.363 e. The normalized spacial score (nSPS) is 20.5. The van der Waals surface area contributed by atoms with E-state index in [1.54, 1.807) is 0 Å². The van der Waals surface area contributed by atoms with Crippen molar-refractivity contribution in [3.05, 3.63) is 41.2 Å². The predicted molar refractivity (Wildman–Crippen MR) is 94.4 cm³/mol. The van der Waals surface area contributed by atoms with E-state index >= 15 is 0 Å². The quantitative estimate of drug-likeness (QED) is 0.517. The number of anilines is 1. The van der Waals surface area contributed by atoms with Crippen molar-refractivity contribution in [2.45, 2.75) is 31.1 Å². The maximum Gasteiger partial charge on any atom is 0.427 e. The van der Waals surface area contributed by atoms with E-state index in [2.05, 4.69) is 27.2 Å². The number of urea groups is 1. The number of hydrogen-bond donors (Lipinski definition) is 3. The van der Waals surface area contributed by atoms with Crippen molar-refractivity contribution in [2.75, 3.05) is 5.32 Å². The van der Waals surface area contributed by atoms with Crippen LogP contribution in [0.3, 0.4) is 0 Å². The summed E-state index contributed by atoms with van der Waals surface area (Å²) in [7, 11) is 0. The van der Waals surface area contributed by atoms with Gasteiger partial charge < -0.3 is 16.4 Å². The van der Waals surface area contributed by atoms with Crippen LogP contribution in [0.1, 0.15) is 34.6 Å². The Labute approximate surface area is 166 Å². The summed E-state index contributed by atoms with van der Waals surface area (Å²) >= 11 is 0. The molecule has 4 rings (SSSR count). The van der Waals surface area contributed by atoms with Crippen molar-refractivity contribution >= 4 is 17.6 Å². The Morgan fingerprint density at radius 2 is 2.10 bits per heavy atom. The van der Waals surface area contributed by atoms with E-state index < -0.39 is 35.0 Å². The molecule has 2 heterocycles. The van der Waals surface area contributed by atoms with Crippen molar-refractivity contribution in [3.63, 3.8) is 0 Å². The third-order valence-corrected chi connectivity index (χ3v) is 4.70. The van der Waals surface area contributed by atoms with Gasteiger partial charge in [-0.15, -0.1) is 5.10 Å². The average molecular weight is 422 g/mol. The Balaban J connectivity index is 1.78. The number of hydrogen-bond acceptors (Lipinski definition) is 4. The molecule has 156 valence electrons. The number of rotatable bonds is 3. The van der Waals surface area contributed by atoms with E-state index in [1.807, 2.05) is 5.32 Å². The number of carbonyl (C=O) groups excluding carboxylic acids is 2. The van der Waals surface area contributed by atoms with Crippen molar-refractivity contribution < 1.29 is 27.2 Å². The van der Waals surface area contributed by atoms with Gasteiger partial charge in [-0.25, -0.2) is 18.9 Å². The van der Waals surface area contributed by atoms with Crippen LogP contribution >= 0.6 is 0 Å². The lowest BCUT2D eigenvalue weighted by atomic mass is 9.85. The van der Waals surface area contributed by atoms with Crippen LogP contribution in [-0.4, -0.2) is 32.9 Å². The Kier molecular flexibility index (Phi) is 4.41. The van der Waals surface area contributed by atoms with Crippen LogP contribution in [-0.2, 0) is 12.1 Å². The van der Waals surface area contributed by atoms with Gasteiger partial charge in [-0.05, 0) is 25.0 Å². The van der Waals surface area contributed by atoms with Crippen LogP contribution in [0.25, 0.3) is 0 Å². The molecule has 0 spiro atoms. The molecule has 1 aliphatic heterocycles. The molecule has 0 unspecified atom stereocenters. The molecule has 8 nitrogen and oxygen atoms in total. The summed E-state index contributed by atoms with van der Waals surface area (Å²) in [5, 5.41) is 7.85. The zero-order valence-electron chi connectivity index (χ0n) is 15.2. The van der Waals surface area contributed by atoms with Crippen LogP contribution in [0.2, 0.25) is 0 Å². The highest BCUT2D eigenvalue weighted by molar-refractivity contribution is 5.95. The van der Waals surface area contributed by atoms with Crippen molar-refractivity contribution in [1.82, 2.24) is 20.1 Å². The second-order valence-electron chi connectivity index (χ2n) is 6.99. The van der Waals surface area contributed by atoms with E-state index in [0.29, 0.717) is 18.9 Å². The summed E-state index contributed by atoms with van der Waals surface area (Å²) < 4.78 is 58.0. The van der Waals surface area contributed by atoms with Crippen LogP contribution in [0.15, 0.2) is 18.5 Å². The number of fused-ring (bicyclic) bond motifs is 1. The van der Waals surface area contributed by atoms with E-state index in [9.17, 15) is 27.2 Å². The standard InChI is InChI=1S/C18H14F4N6O2/c19-12-6-11-13(5-10(12)7-28-8-24-15(27-28)14(23)29)25-16(30)26-17(11,18(20,21)22)4-3-9-1-2-9/h5-6,8-9H,1-2,7H2,(H2,23,29)(H2,25,26,30)/t17-/m0/s1. The van der Waals surface area contributed by atoms with Gasteiger partial charge in [-0.2, -0.15) is 13.2 Å². The first-order valence-electron chi connectivity index (χ1n) is 8.80. The van der Waals surface area contributed by atoms with Crippen molar-refractivity contribution in [3.8, 4) is 11.8 Å². The lowest BCUT2D eigenvalue weighted by Gasteiger charge is -2.37. The minimum atomic E-state index is -4.99. The third-order valence-electron chi connectivity index (χ3n) is 4.70. The maximum absolute atomic E-state index is 14.8. The number of nitrogens with zero attached hydrogens (tertiary/aromatic N) is 3. The monoisotopic (exact) mass is 422 g/mol. The molecule has 12 heteroatoms. The molecule has 2 aliphatic rings. The van der Waals surface area contributed by atoms with Gasteiger partial charge >= 0.3 is 12.2 Å². The number of nitrogens with two attached hydrogens (primary N) is 1. The van der Waals surface area contributed by atoms with Gasteiger partial charge in [0.25, 0.3) is 5.91 Å². The molecule has 1 saturated carbocycles. The molecular weight excluding hydrogens is 408 g/mol. The molecule has 0 radical (unpaired) electrons. The van der Waals surface area contributed by atoms with E-state index in [0.717, 1.165) is 17.1 Å². The topological polar surface area (TPSA) is 115 Å². The Morgan fingerprint density at radius 1 is 1.37 bits per heavy atom. The van der Waals surface area contributed by atoms with E-state index in [1.165, 1.54) is 0 Å². The highest BCUT2D eigenvalue weighted by Crippen LogP contribution is 2.45. The van der Waals surface area contributed by atoms with Gasteiger partial charge in [0.15, 0.2) is 0 Å². The van der Waals surface area contributed by atoms with E-state index in [-0.39, 0.29) is 29.5 Å². The lowest BCUT2D eigenvalue weighted by molar-refractivity contribution is -0.178. The number of alkyl halides is 3. The summed E-state index contributed by atoms with van der Waals surface area (Å²) in [4.78, 5) is 26.7. The molecular formula is C18H14F4N6O2. The first-order valence-corrected chi connectivity index (χ1v) is 8.80. The maximum atomic E-state index is 14.8. The van der Waals surface area contributed by atoms with Gasteiger partial charge in [0.2, 0.25) is 11.4 Å². The molecule has 1 aromatic heterocycles. The Bertz CT molecular complexity index is 1110.